The molecule has 184 valence electrons. The lowest BCUT2D eigenvalue weighted by Crippen LogP contribution is -2.11. The van der Waals surface area contributed by atoms with Crippen LogP contribution in [0.4, 0.5) is 5.69 Å². The second-order valence-electron chi connectivity index (χ2n) is 10.3. The second kappa shape index (κ2) is 10.1. The van der Waals surface area contributed by atoms with Crippen LogP contribution in [-0.4, -0.2) is 5.71 Å². The summed E-state index contributed by atoms with van der Waals surface area (Å²) in [4.78, 5) is 5.23. The van der Waals surface area contributed by atoms with Crippen molar-refractivity contribution in [1.82, 2.24) is 0 Å². The number of benzene rings is 6. The smallest absolute Gasteiger partial charge is 0.0662 e. The zero-order chi connectivity index (χ0) is 26.1. The number of para-hydroxylation sites is 1. The normalized spacial score (nSPS) is 12.7. The Kier molecular flexibility index (Phi) is 6.35. The summed E-state index contributed by atoms with van der Waals surface area (Å²) in [7, 11) is 0. The highest BCUT2D eigenvalue weighted by atomic mass is 14.8. The summed E-state index contributed by atoms with van der Waals surface area (Å²) in [6.07, 6.45) is 0. The Morgan fingerprint density at radius 1 is 0.553 bits per heavy atom. The maximum atomic E-state index is 5.23. The number of fused-ring (bicyclic) bond motifs is 2. The highest BCUT2D eigenvalue weighted by molar-refractivity contribution is 6.08. The molecule has 0 bridgehead atoms. The summed E-state index contributed by atoms with van der Waals surface area (Å²) in [5, 5.41) is 5.01. The lowest BCUT2D eigenvalue weighted by atomic mass is 9.89. The Morgan fingerprint density at radius 3 is 1.84 bits per heavy atom. The number of nitrogens with zero attached hydrogens (tertiary/aromatic N) is 1. The predicted octanol–water partition coefficient (Wildman–Crippen LogP) is 10.2. The molecule has 38 heavy (non-hydrogen) atoms. The number of aliphatic imine (C=N–C) groups is 1. The molecule has 6 aromatic rings. The number of aryl methyl sites for hydroxylation is 2. The second-order valence-corrected chi connectivity index (χ2v) is 10.3. The third-order valence-corrected chi connectivity index (χ3v) is 7.53. The van der Waals surface area contributed by atoms with Gasteiger partial charge in [-0.05, 0) is 87.5 Å². The highest BCUT2D eigenvalue weighted by Gasteiger charge is 2.17. The van der Waals surface area contributed by atoms with Crippen molar-refractivity contribution in [2.45, 2.75) is 26.7 Å². The molecule has 6 aromatic carbocycles. The summed E-state index contributed by atoms with van der Waals surface area (Å²) < 4.78 is 0. The van der Waals surface area contributed by atoms with Crippen molar-refractivity contribution in [3.05, 3.63) is 150 Å². The van der Waals surface area contributed by atoms with Gasteiger partial charge in [-0.1, -0.05) is 116 Å². The van der Waals surface area contributed by atoms with Crippen LogP contribution in [0.1, 0.15) is 35.1 Å². The van der Waals surface area contributed by atoms with Crippen LogP contribution in [0.25, 0.3) is 32.7 Å². The Bertz CT molecular complexity index is 1790. The minimum Gasteiger partial charge on any atom is -0.252 e. The molecule has 0 heterocycles. The van der Waals surface area contributed by atoms with Gasteiger partial charge in [0.1, 0.15) is 0 Å². The molecule has 0 saturated heterocycles. The van der Waals surface area contributed by atoms with Gasteiger partial charge >= 0.3 is 0 Å². The summed E-state index contributed by atoms with van der Waals surface area (Å²) in [5.74, 6) is 0.161. The lowest BCUT2D eigenvalue weighted by molar-refractivity contribution is 1.02. The average molecular weight is 490 g/mol. The van der Waals surface area contributed by atoms with Crippen molar-refractivity contribution < 1.29 is 0 Å². The first-order valence-corrected chi connectivity index (χ1v) is 13.3. The molecular formula is C37H31N. The van der Waals surface area contributed by atoms with Gasteiger partial charge in [-0.15, -0.1) is 0 Å². The molecule has 0 spiro atoms. The molecule has 0 radical (unpaired) electrons. The van der Waals surface area contributed by atoms with Crippen molar-refractivity contribution in [2.75, 3.05) is 0 Å². The lowest BCUT2D eigenvalue weighted by Gasteiger charge is -2.17. The molecule has 6 rings (SSSR count). The van der Waals surface area contributed by atoms with E-state index in [9.17, 15) is 0 Å². The van der Waals surface area contributed by atoms with E-state index < -0.39 is 0 Å². The van der Waals surface area contributed by atoms with Crippen molar-refractivity contribution in [1.29, 1.82) is 0 Å². The van der Waals surface area contributed by atoms with Crippen LogP contribution >= 0.6 is 0 Å². The summed E-state index contributed by atoms with van der Waals surface area (Å²) in [6, 6.07) is 45.9. The Labute approximate surface area is 225 Å². The molecule has 0 fully saturated rings. The first-order chi connectivity index (χ1) is 18.5. The Balaban J connectivity index is 1.42. The van der Waals surface area contributed by atoms with Gasteiger partial charge in [0, 0.05) is 5.92 Å². The number of rotatable bonds is 5. The molecule has 0 aromatic heterocycles. The fraction of sp³-hybridized carbons (Fsp3) is 0.108. The van der Waals surface area contributed by atoms with Crippen LogP contribution in [0.15, 0.2) is 132 Å². The van der Waals surface area contributed by atoms with E-state index >= 15 is 0 Å². The van der Waals surface area contributed by atoms with Crippen molar-refractivity contribution in [2.24, 2.45) is 4.99 Å². The molecule has 0 aliphatic rings. The molecule has 0 aliphatic heterocycles. The van der Waals surface area contributed by atoms with Gasteiger partial charge in [-0.2, -0.15) is 0 Å². The van der Waals surface area contributed by atoms with E-state index in [1.807, 2.05) is 0 Å². The van der Waals surface area contributed by atoms with Crippen LogP contribution in [-0.2, 0) is 0 Å². The maximum absolute atomic E-state index is 5.23. The number of hydrogen-bond donors (Lipinski definition) is 0. The Hall–Kier alpha value is -4.49. The summed E-state index contributed by atoms with van der Waals surface area (Å²) in [5.41, 5.74) is 9.48. The molecule has 1 heteroatoms. The molecule has 0 N–H and O–H groups in total. The van der Waals surface area contributed by atoms with E-state index in [1.165, 1.54) is 49.4 Å². The third-order valence-electron chi connectivity index (χ3n) is 7.53. The molecule has 1 unspecified atom stereocenters. The molecule has 1 nitrogen and oxygen atoms in total. The van der Waals surface area contributed by atoms with Crippen molar-refractivity contribution in [3.63, 3.8) is 0 Å². The zero-order valence-electron chi connectivity index (χ0n) is 22.1. The van der Waals surface area contributed by atoms with Gasteiger partial charge in [-0.25, -0.2) is 0 Å². The Morgan fingerprint density at radius 2 is 1.13 bits per heavy atom. The van der Waals surface area contributed by atoms with Crippen LogP contribution in [0.2, 0.25) is 0 Å². The summed E-state index contributed by atoms with van der Waals surface area (Å²) >= 11 is 0. The van der Waals surface area contributed by atoms with Gasteiger partial charge in [-0.3, -0.25) is 4.99 Å². The number of hydrogen-bond acceptors (Lipinski definition) is 1. The fourth-order valence-corrected chi connectivity index (χ4v) is 5.26. The van der Waals surface area contributed by atoms with E-state index in [-0.39, 0.29) is 5.92 Å². The first kappa shape index (κ1) is 23.9. The minimum absolute atomic E-state index is 0.161. The largest absolute Gasteiger partial charge is 0.252 e. The van der Waals surface area contributed by atoms with Crippen LogP contribution in [0.5, 0.6) is 0 Å². The van der Waals surface area contributed by atoms with E-state index in [1.54, 1.807) is 0 Å². The van der Waals surface area contributed by atoms with Gasteiger partial charge < -0.3 is 0 Å². The fourth-order valence-electron chi connectivity index (χ4n) is 5.26. The van der Waals surface area contributed by atoms with E-state index in [0.717, 1.165) is 17.0 Å². The van der Waals surface area contributed by atoms with Crippen LogP contribution in [0.3, 0.4) is 0 Å². The van der Waals surface area contributed by atoms with E-state index in [0.29, 0.717) is 0 Å². The van der Waals surface area contributed by atoms with Crippen LogP contribution < -0.4 is 0 Å². The molecular weight excluding hydrogens is 458 g/mol. The first-order valence-electron chi connectivity index (χ1n) is 13.3. The molecule has 0 amide bonds. The SMILES string of the molecule is Cc1ccc2cc(-c3ccc4cc(/C(=N/c5ccccc5C)C(C)c5ccccc5)ccc4c3)ccc2c1. The minimum atomic E-state index is 0.161. The third kappa shape index (κ3) is 4.76. The van der Waals surface area contributed by atoms with Crippen LogP contribution in [0, 0.1) is 13.8 Å². The van der Waals surface area contributed by atoms with E-state index in [4.69, 9.17) is 4.99 Å². The van der Waals surface area contributed by atoms with Gasteiger partial charge in [0.15, 0.2) is 0 Å². The van der Waals surface area contributed by atoms with Gasteiger partial charge in [0.05, 0.1) is 11.4 Å². The topological polar surface area (TPSA) is 12.4 Å². The quantitative estimate of drug-likeness (QED) is 0.214. The van der Waals surface area contributed by atoms with E-state index in [2.05, 4.69) is 148 Å². The van der Waals surface area contributed by atoms with Crippen molar-refractivity contribution in [3.8, 4) is 11.1 Å². The van der Waals surface area contributed by atoms with Crippen molar-refractivity contribution >= 4 is 32.9 Å². The zero-order valence-corrected chi connectivity index (χ0v) is 22.1. The van der Waals surface area contributed by atoms with Gasteiger partial charge in [0.25, 0.3) is 0 Å². The molecule has 0 aliphatic carbocycles. The molecule has 1 atom stereocenters. The van der Waals surface area contributed by atoms with Gasteiger partial charge in [0.2, 0.25) is 0 Å². The standard InChI is InChI=1S/C37H31N/c1-25-13-14-30-22-31(16-15-29(30)21-25)32-17-18-34-24-35(20-19-33(34)23-32)37(27(3)28-10-5-4-6-11-28)38-36-12-8-7-9-26(36)2/h4-24,27H,1-3H3/b38-37+. The predicted molar refractivity (Wildman–Crippen MR) is 164 cm³/mol. The molecule has 0 saturated carbocycles. The maximum Gasteiger partial charge on any atom is 0.0662 e. The average Bonchev–Trinajstić information content (AvgIpc) is 2.96. The monoisotopic (exact) mass is 489 g/mol. The summed E-state index contributed by atoms with van der Waals surface area (Å²) in [6.45, 7) is 6.52. The highest BCUT2D eigenvalue weighted by Crippen LogP contribution is 2.31.